The van der Waals surface area contributed by atoms with Crippen LogP contribution in [0.5, 0.6) is 0 Å². The van der Waals surface area contributed by atoms with Crippen LogP contribution in [-0.4, -0.2) is 87.4 Å². The van der Waals surface area contributed by atoms with Gasteiger partial charge in [-0.25, -0.2) is 0 Å². The molecule has 16 rings (SSSR count). The fourth-order valence-corrected chi connectivity index (χ4v) is 14.2. The average molecular weight is 1670 g/mol. The number of fused-ring (bicyclic) bond motifs is 10. The first kappa shape index (κ1) is 89.5. The Morgan fingerprint density at radius 2 is 0.472 bits per heavy atom. The van der Waals surface area contributed by atoms with Crippen molar-refractivity contribution in [3.8, 4) is 0 Å². The number of anilines is 7. The van der Waals surface area contributed by atoms with Crippen LogP contribution in [0.2, 0.25) is 0 Å². The zero-order chi connectivity index (χ0) is 90.3. The summed E-state index contributed by atoms with van der Waals surface area (Å²) >= 11 is 0. The van der Waals surface area contributed by atoms with Crippen LogP contribution in [0.25, 0.3) is 0 Å². The summed E-state index contributed by atoms with van der Waals surface area (Å²) in [6.45, 7) is 24.7. The largest absolute Gasteiger partial charge is 0.355 e. The van der Waals surface area contributed by atoms with Gasteiger partial charge in [-0.1, -0.05) is 248 Å². The van der Waals surface area contributed by atoms with E-state index in [-0.39, 0.29) is 110 Å². The Bertz CT molecular complexity index is 6280. The predicted octanol–water partition coefficient (Wildman–Crippen LogP) is 20.1. The van der Waals surface area contributed by atoms with E-state index in [1.165, 1.54) is 0 Å². The molecular weight excluding hydrogens is 1570 g/mol. The summed E-state index contributed by atoms with van der Waals surface area (Å²) in [6, 6.07) is 66.3. The number of benzene rings is 11. The molecule has 5 amide bonds. The van der Waals surface area contributed by atoms with Crippen molar-refractivity contribution in [3.63, 3.8) is 0 Å². The molecule has 2 unspecified atom stereocenters. The zero-order valence-corrected chi connectivity index (χ0v) is 71.8. The molecule has 0 aliphatic heterocycles. The van der Waals surface area contributed by atoms with E-state index < -0.39 is 16.2 Å². The SMILES string of the molecule is CCC(C)(C)C(=O)Nc1ccc(Nc2cccc3c2C(=O)c2ccccc2C3=O)cc1.CCC(C)(C)C(=O)Nc1ccc2c(c1)C(=O)c1ccccc1C2=O.CCC(C)(C)C(=O)Nc1cccc2c1C(=O)c1ccccc1C2=O.CCC(C)C(=O)Nc1ccc2c(c1)C(=O)c1ccccc1C2=O.CCC(C)C(=O)Nc1cccc2c1C(=O)c1ccccc1C2=O. The topological polar surface area (TPSA) is 328 Å². The van der Waals surface area contributed by atoms with Gasteiger partial charge in [-0.05, 0) is 111 Å². The van der Waals surface area contributed by atoms with Crippen LogP contribution < -0.4 is 31.9 Å². The molecule has 125 heavy (non-hydrogen) atoms. The van der Waals surface area contributed by atoms with Gasteiger partial charge in [0.05, 0.1) is 33.8 Å². The van der Waals surface area contributed by atoms with Gasteiger partial charge < -0.3 is 31.9 Å². The molecule has 5 aliphatic rings. The van der Waals surface area contributed by atoms with E-state index in [0.29, 0.717) is 154 Å². The zero-order valence-electron chi connectivity index (χ0n) is 71.8. The first-order valence-electron chi connectivity index (χ1n) is 41.6. The molecule has 5 aliphatic carbocycles. The Hall–Kier alpha value is -14.7. The molecule has 632 valence electrons. The lowest BCUT2D eigenvalue weighted by molar-refractivity contribution is -0.124. The summed E-state index contributed by atoms with van der Waals surface area (Å²) in [6.07, 6.45) is 3.56. The summed E-state index contributed by atoms with van der Waals surface area (Å²) in [5.41, 5.74) is 10.0. The van der Waals surface area contributed by atoms with Crippen LogP contribution in [0.4, 0.5) is 39.8 Å². The van der Waals surface area contributed by atoms with E-state index in [9.17, 15) is 71.9 Å². The summed E-state index contributed by atoms with van der Waals surface area (Å²) in [7, 11) is 0. The fraction of sp³-hybridized carbons (Fsp3) is 0.221. The van der Waals surface area contributed by atoms with Crippen LogP contribution >= 0.6 is 0 Å². The van der Waals surface area contributed by atoms with Crippen molar-refractivity contribution in [3.05, 3.63) is 348 Å². The van der Waals surface area contributed by atoms with Gasteiger partial charge in [0.2, 0.25) is 29.5 Å². The standard InChI is InChI=1S/C26H24N2O3.2C20H19NO3.2C19H17NO3/c1-4-26(2,3)25(31)28-17-14-12-16(13-15-17)27-21-11-7-10-20-22(21)24(30)19-9-6-5-8-18(19)23(20)29;1-4-20(2,3)19(24)21-15-11-7-10-14-16(15)18(23)13-9-6-5-8-12(13)17(14)22;1-4-20(2,3)19(24)21-12-9-10-15-16(11-12)18(23)14-8-6-5-7-13(14)17(15)22;1-3-11(2)19(23)20-15-10-6-9-14-16(15)18(22)13-8-5-4-7-12(13)17(14)21;1-3-11(2)19(23)20-12-8-9-15-16(10-12)18(22)14-7-5-4-6-13(14)17(15)21/h5-15,27H,4H2,1-3H3,(H,28,31);2*5-11H,4H2,1-3H3,(H,21,24);2*4-11H,3H2,1-2H3,(H,20,23). The van der Waals surface area contributed by atoms with Crippen molar-refractivity contribution in [1.29, 1.82) is 0 Å². The first-order chi connectivity index (χ1) is 59.6. The third-order valence-electron chi connectivity index (χ3n) is 23.8. The van der Waals surface area contributed by atoms with Gasteiger partial charge in [-0.2, -0.15) is 0 Å². The van der Waals surface area contributed by atoms with Crippen LogP contribution in [-0.2, 0) is 24.0 Å². The number of hydrogen-bond acceptors (Lipinski definition) is 16. The maximum atomic E-state index is 13.1. The molecule has 6 N–H and O–H groups in total. The molecule has 0 fully saturated rings. The number of ketones is 10. The highest BCUT2D eigenvalue weighted by Gasteiger charge is 2.38. The summed E-state index contributed by atoms with van der Waals surface area (Å²) in [4.78, 5) is 189. The van der Waals surface area contributed by atoms with Gasteiger partial charge in [0.25, 0.3) is 0 Å². The molecule has 0 saturated carbocycles. The van der Waals surface area contributed by atoms with Crippen LogP contribution in [0.1, 0.15) is 281 Å². The summed E-state index contributed by atoms with van der Waals surface area (Å²) in [5.74, 6) is -2.67. The molecule has 21 heteroatoms. The maximum absolute atomic E-state index is 13.1. The lowest BCUT2D eigenvalue weighted by Gasteiger charge is -2.24. The maximum Gasteiger partial charge on any atom is 0.230 e. The second kappa shape index (κ2) is 37.3. The molecule has 21 nitrogen and oxygen atoms in total. The molecule has 11 aromatic rings. The van der Waals surface area contributed by atoms with Gasteiger partial charge in [0, 0.05) is 145 Å². The Morgan fingerprint density at radius 1 is 0.240 bits per heavy atom. The second-order valence-corrected chi connectivity index (χ2v) is 33.1. The van der Waals surface area contributed by atoms with E-state index in [2.05, 4.69) is 31.9 Å². The smallest absolute Gasteiger partial charge is 0.230 e. The Morgan fingerprint density at radius 3 is 0.800 bits per heavy atom. The Kier molecular flexibility index (Phi) is 26.7. The molecule has 11 aromatic carbocycles. The number of nitrogens with one attached hydrogen (secondary N) is 6. The number of amides is 5. The predicted molar refractivity (Wildman–Crippen MR) is 483 cm³/mol. The lowest BCUT2D eigenvalue weighted by atomic mass is 9.83. The molecule has 0 radical (unpaired) electrons. The van der Waals surface area contributed by atoms with Gasteiger partial charge in [-0.15, -0.1) is 0 Å². The third-order valence-corrected chi connectivity index (χ3v) is 23.8. The lowest BCUT2D eigenvalue weighted by Crippen LogP contribution is -2.31. The van der Waals surface area contributed by atoms with Crippen molar-refractivity contribution in [2.24, 2.45) is 28.1 Å². The minimum absolute atomic E-state index is 0.0318. The van der Waals surface area contributed by atoms with Crippen LogP contribution in [0.3, 0.4) is 0 Å². The molecule has 0 aromatic heterocycles. The molecule has 0 heterocycles. The molecule has 0 bridgehead atoms. The average Bonchev–Trinajstić information content (AvgIpc) is 0.416. The second-order valence-electron chi connectivity index (χ2n) is 33.1. The minimum atomic E-state index is -0.553. The quantitative estimate of drug-likeness (QED) is 0.0493. The van der Waals surface area contributed by atoms with Crippen molar-refractivity contribution in [2.75, 3.05) is 31.9 Å². The van der Waals surface area contributed by atoms with Crippen molar-refractivity contribution < 1.29 is 71.9 Å². The fourth-order valence-electron chi connectivity index (χ4n) is 14.2. The number of carbonyl (C=O) groups excluding carboxylic acids is 15. The van der Waals surface area contributed by atoms with Crippen molar-refractivity contribution in [1.82, 2.24) is 0 Å². The van der Waals surface area contributed by atoms with Gasteiger partial charge in [0.1, 0.15) is 0 Å². The minimum Gasteiger partial charge on any atom is -0.355 e. The van der Waals surface area contributed by atoms with E-state index in [4.69, 9.17) is 0 Å². The highest BCUT2D eigenvalue weighted by molar-refractivity contribution is 6.34. The van der Waals surface area contributed by atoms with E-state index in [1.807, 2.05) is 114 Å². The summed E-state index contributed by atoms with van der Waals surface area (Å²) in [5, 5.41) is 17.4. The highest BCUT2D eigenvalue weighted by Crippen LogP contribution is 2.39. The van der Waals surface area contributed by atoms with Gasteiger partial charge in [0.15, 0.2) is 57.8 Å². The van der Waals surface area contributed by atoms with Crippen LogP contribution in [0, 0.1) is 28.1 Å². The monoisotopic (exact) mass is 1670 g/mol. The molecule has 0 spiro atoms. The normalized spacial score (nSPS) is 13.4. The Balaban J connectivity index is 0.000000143. The number of carbonyl (C=O) groups is 15. The van der Waals surface area contributed by atoms with Crippen LogP contribution in [0.15, 0.2) is 237 Å². The molecular formula is C104H96N6O15. The Labute approximate surface area is 725 Å². The third kappa shape index (κ3) is 18.4. The number of rotatable bonds is 17. The van der Waals surface area contributed by atoms with Gasteiger partial charge in [-0.3, -0.25) is 71.9 Å². The highest BCUT2D eigenvalue weighted by atomic mass is 16.2. The molecule has 0 saturated heterocycles. The van der Waals surface area contributed by atoms with E-state index >= 15 is 0 Å². The van der Waals surface area contributed by atoms with E-state index in [1.54, 1.807) is 212 Å². The van der Waals surface area contributed by atoms with Crippen molar-refractivity contribution in [2.45, 2.75) is 122 Å². The van der Waals surface area contributed by atoms with Gasteiger partial charge >= 0.3 is 0 Å². The van der Waals surface area contributed by atoms with Crippen molar-refractivity contribution >= 4 is 127 Å². The summed E-state index contributed by atoms with van der Waals surface area (Å²) < 4.78 is 0. The number of hydrogen-bond donors (Lipinski definition) is 6. The first-order valence-corrected chi connectivity index (χ1v) is 41.6. The molecule has 2 atom stereocenters. The van der Waals surface area contributed by atoms with E-state index in [0.717, 1.165) is 18.5 Å².